The van der Waals surface area contributed by atoms with E-state index in [4.69, 9.17) is 0 Å². The number of nitrogens with zero attached hydrogens (tertiary/aromatic N) is 2. The standard InChI is InChI=1S/C19H24F3N3O2/c1-24(18(27)13-5-6-13)16-7-9-25(10-8-16)12-17(26)23-15-4-2-3-14(11-15)19(20,21)22/h2-4,11,13,16H,5-10,12H2,1H3,(H,23,26). The van der Waals surface area contributed by atoms with Crippen LogP contribution in [0, 0.1) is 5.92 Å². The van der Waals surface area contributed by atoms with E-state index < -0.39 is 11.7 Å². The second-order valence-corrected chi connectivity index (χ2v) is 7.36. The van der Waals surface area contributed by atoms with E-state index >= 15 is 0 Å². The molecule has 0 aromatic heterocycles. The van der Waals surface area contributed by atoms with Crippen LogP contribution in [0.1, 0.15) is 31.2 Å². The third-order valence-corrected chi connectivity index (χ3v) is 5.22. The zero-order valence-electron chi connectivity index (χ0n) is 15.3. The lowest BCUT2D eigenvalue weighted by Gasteiger charge is -2.36. The van der Waals surface area contributed by atoms with Crippen molar-refractivity contribution in [1.82, 2.24) is 9.80 Å². The van der Waals surface area contributed by atoms with E-state index in [1.165, 1.54) is 12.1 Å². The first-order chi connectivity index (χ1) is 12.7. The molecular formula is C19H24F3N3O2. The number of rotatable bonds is 5. The van der Waals surface area contributed by atoms with Gasteiger partial charge in [-0.05, 0) is 43.9 Å². The van der Waals surface area contributed by atoms with Gasteiger partial charge in [-0.15, -0.1) is 0 Å². The van der Waals surface area contributed by atoms with E-state index in [-0.39, 0.29) is 36.0 Å². The average Bonchev–Trinajstić information content (AvgIpc) is 3.45. The Morgan fingerprint density at radius 1 is 1.19 bits per heavy atom. The Balaban J connectivity index is 1.46. The molecule has 0 spiro atoms. The van der Waals surface area contributed by atoms with Gasteiger partial charge in [-0.25, -0.2) is 0 Å². The highest BCUT2D eigenvalue weighted by Crippen LogP contribution is 2.32. The van der Waals surface area contributed by atoms with Gasteiger partial charge in [0, 0.05) is 37.8 Å². The molecule has 1 saturated heterocycles. The summed E-state index contributed by atoms with van der Waals surface area (Å²) in [5.74, 6) is 0.0807. The number of benzene rings is 1. The Kier molecular flexibility index (Phi) is 5.74. The highest BCUT2D eigenvalue weighted by molar-refractivity contribution is 5.92. The molecule has 2 fully saturated rings. The lowest BCUT2D eigenvalue weighted by Crippen LogP contribution is -2.47. The van der Waals surface area contributed by atoms with Crippen LogP contribution in [0.15, 0.2) is 24.3 Å². The number of anilines is 1. The van der Waals surface area contributed by atoms with Crippen molar-refractivity contribution in [2.45, 2.75) is 37.9 Å². The molecule has 2 amide bonds. The first-order valence-electron chi connectivity index (χ1n) is 9.20. The number of carbonyl (C=O) groups is 2. The van der Waals surface area contributed by atoms with Crippen LogP contribution in [-0.2, 0) is 15.8 Å². The maximum Gasteiger partial charge on any atom is 0.416 e. The summed E-state index contributed by atoms with van der Waals surface area (Å²) in [5, 5.41) is 2.53. The molecule has 3 rings (SSSR count). The number of hydrogen-bond acceptors (Lipinski definition) is 3. The first-order valence-corrected chi connectivity index (χ1v) is 9.20. The number of amides is 2. The van der Waals surface area contributed by atoms with E-state index in [2.05, 4.69) is 5.32 Å². The molecule has 148 valence electrons. The van der Waals surface area contributed by atoms with Crippen molar-refractivity contribution in [3.8, 4) is 0 Å². The summed E-state index contributed by atoms with van der Waals surface area (Å²) in [5.41, 5.74) is -0.649. The zero-order chi connectivity index (χ0) is 19.6. The van der Waals surface area contributed by atoms with Crippen molar-refractivity contribution in [3.63, 3.8) is 0 Å². The lowest BCUT2D eigenvalue weighted by molar-refractivity contribution is -0.137. The lowest BCUT2D eigenvalue weighted by atomic mass is 10.0. The van der Waals surface area contributed by atoms with E-state index in [0.29, 0.717) is 13.1 Å². The molecule has 8 heteroatoms. The van der Waals surface area contributed by atoms with Gasteiger partial charge in [0.25, 0.3) is 0 Å². The predicted molar refractivity (Wildman–Crippen MR) is 95.0 cm³/mol. The van der Waals surface area contributed by atoms with Gasteiger partial charge in [0.1, 0.15) is 0 Å². The molecule has 0 bridgehead atoms. The Morgan fingerprint density at radius 3 is 2.44 bits per heavy atom. The predicted octanol–water partition coefficient (Wildman–Crippen LogP) is 2.98. The summed E-state index contributed by atoms with van der Waals surface area (Å²) in [7, 11) is 1.85. The van der Waals surface area contributed by atoms with Crippen LogP contribution in [0.4, 0.5) is 18.9 Å². The fraction of sp³-hybridized carbons (Fsp3) is 0.579. The van der Waals surface area contributed by atoms with Gasteiger partial charge in [0.2, 0.25) is 11.8 Å². The maximum absolute atomic E-state index is 12.7. The van der Waals surface area contributed by atoms with E-state index in [1.807, 2.05) is 16.8 Å². The van der Waals surface area contributed by atoms with Gasteiger partial charge >= 0.3 is 6.18 Å². The molecule has 1 aromatic carbocycles. The largest absolute Gasteiger partial charge is 0.416 e. The number of alkyl halides is 3. The van der Waals surface area contributed by atoms with Crippen molar-refractivity contribution in [1.29, 1.82) is 0 Å². The Bertz CT molecular complexity index is 696. The minimum absolute atomic E-state index is 0.128. The Hall–Kier alpha value is -2.09. The van der Waals surface area contributed by atoms with Gasteiger partial charge in [-0.1, -0.05) is 6.07 Å². The average molecular weight is 383 g/mol. The Labute approximate surface area is 156 Å². The van der Waals surface area contributed by atoms with Crippen molar-refractivity contribution in [2.24, 2.45) is 5.92 Å². The van der Waals surface area contributed by atoms with Crippen LogP contribution < -0.4 is 5.32 Å². The number of piperidine rings is 1. The van der Waals surface area contributed by atoms with Crippen LogP contribution >= 0.6 is 0 Å². The molecule has 27 heavy (non-hydrogen) atoms. The molecule has 1 saturated carbocycles. The molecule has 0 atom stereocenters. The summed E-state index contributed by atoms with van der Waals surface area (Å²) in [6.07, 6.45) is -0.875. The third kappa shape index (κ3) is 5.22. The number of halogens is 3. The molecule has 0 unspecified atom stereocenters. The summed E-state index contributed by atoms with van der Waals surface area (Å²) in [6.45, 7) is 1.50. The quantitative estimate of drug-likeness (QED) is 0.851. The molecule has 5 nitrogen and oxygen atoms in total. The Morgan fingerprint density at radius 2 is 1.85 bits per heavy atom. The molecule has 1 aromatic rings. The van der Waals surface area contributed by atoms with Gasteiger partial charge in [0.05, 0.1) is 12.1 Å². The highest BCUT2D eigenvalue weighted by atomic mass is 19.4. The summed E-state index contributed by atoms with van der Waals surface area (Å²) in [6, 6.07) is 4.82. The topological polar surface area (TPSA) is 52.7 Å². The van der Waals surface area contributed by atoms with Gasteiger partial charge < -0.3 is 10.2 Å². The second-order valence-electron chi connectivity index (χ2n) is 7.36. The highest BCUT2D eigenvalue weighted by Gasteiger charge is 2.35. The normalized spacial score (nSPS) is 19.0. The summed E-state index contributed by atoms with van der Waals surface area (Å²) in [4.78, 5) is 28.1. The number of likely N-dealkylation sites (tertiary alicyclic amines) is 1. The fourth-order valence-corrected chi connectivity index (χ4v) is 3.44. The number of hydrogen-bond donors (Lipinski definition) is 1. The molecule has 1 heterocycles. The minimum atomic E-state index is -4.44. The monoisotopic (exact) mass is 383 g/mol. The summed E-state index contributed by atoms with van der Waals surface area (Å²) < 4.78 is 38.2. The SMILES string of the molecule is CN(C(=O)C1CC1)C1CCN(CC(=O)Nc2cccc(C(F)(F)F)c2)CC1. The number of carbonyl (C=O) groups excluding carboxylic acids is 2. The van der Waals surface area contributed by atoms with Crippen molar-refractivity contribution in [3.05, 3.63) is 29.8 Å². The first kappa shape index (κ1) is 19.7. The van der Waals surface area contributed by atoms with E-state index in [0.717, 1.165) is 37.8 Å². The second kappa shape index (κ2) is 7.88. The van der Waals surface area contributed by atoms with Gasteiger partial charge in [-0.3, -0.25) is 14.5 Å². The van der Waals surface area contributed by atoms with Crippen molar-refractivity contribution >= 4 is 17.5 Å². The zero-order valence-corrected chi connectivity index (χ0v) is 15.3. The molecule has 1 aliphatic heterocycles. The van der Waals surface area contributed by atoms with Crippen molar-refractivity contribution in [2.75, 3.05) is 32.0 Å². The van der Waals surface area contributed by atoms with Gasteiger partial charge in [0.15, 0.2) is 0 Å². The van der Waals surface area contributed by atoms with Crippen LogP contribution in [0.2, 0.25) is 0 Å². The van der Waals surface area contributed by atoms with Crippen LogP contribution in [0.5, 0.6) is 0 Å². The van der Waals surface area contributed by atoms with Crippen LogP contribution in [0.25, 0.3) is 0 Å². The van der Waals surface area contributed by atoms with Crippen molar-refractivity contribution < 1.29 is 22.8 Å². The van der Waals surface area contributed by atoms with E-state index in [1.54, 1.807) is 0 Å². The molecule has 2 aliphatic rings. The molecule has 0 radical (unpaired) electrons. The smallest absolute Gasteiger partial charge is 0.342 e. The minimum Gasteiger partial charge on any atom is -0.342 e. The summed E-state index contributed by atoms with van der Waals surface area (Å²) >= 11 is 0. The maximum atomic E-state index is 12.7. The molecular weight excluding hydrogens is 359 g/mol. The van der Waals surface area contributed by atoms with E-state index in [9.17, 15) is 22.8 Å². The molecule has 1 aliphatic carbocycles. The van der Waals surface area contributed by atoms with Gasteiger partial charge in [-0.2, -0.15) is 13.2 Å². The fourth-order valence-electron chi connectivity index (χ4n) is 3.44. The number of nitrogens with one attached hydrogen (secondary N) is 1. The third-order valence-electron chi connectivity index (χ3n) is 5.22. The van der Waals surface area contributed by atoms with Crippen LogP contribution in [0.3, 0.4) is 0 Å². The molecule has 1 N–H and O–H groups in total. The van der Waals surface area contributed by atoms with Crippen LogP contribution in [-0.4, -0.2) is 54.3 Å².